The summed E-state index contributed by atoms with van der Waals surface area (Å²) < 4.78 is 14.3. The van der Waals surface area contributed by atoms with Crippen molar-refractivity contribution in [2.75, 3.05) is 14.2 Å². The summed E-state index contributed by atoms with van der Waals surface area (Å²) in [6.07, 6.45) is 3.73. The van der Waals surface area contributed by atoms with E-state index >= 15 is 0 Å². The molecule has 0 radical (unpaired) electrons. The van der Waals surface area contributed by atoms with Gasteiger partial charge in [0.25, 0.3) is 5.91 Å². The lowest BCUT2D eigenvalue weighted by Gasteiger charge is -2.13. The number of ether oxygens (including phenoxy) is 2. The van der Waals surface area contributed by atoms with Crippen LogP contribution in [0.15, 0.2) is 73.1 Å². The van der Waals surface area contributed by atoms with E-state index in [-0.39, 0.29) is 18.1 Å². The molecule has 31 heavy (non-hydrogen) atoms. The van der Waals surface area contributed by atoms with Crippen LogP contribution in [0.2, 0.25) is 0 Å². The van der Waals surface area contributed by atoms with Gasteiger partial charge in [0.05, 0.1) is 20.8 Å². The van der Waals surface area contributed by atoms with Crippen molar-refractivity contribution in [3.8, 4) is 17.3 Å². The molecule has 2 aromatic carbocycles. The lowest BCUT2D eigenvalue weighted by Crippen LogP contribution is -2.25. The first-order valence-electron chi connectivity index (χ1n) is 9.80. The van der Waals surface area contributed by atoms with Crippen LogP contribution in [0.3, 0.4) is 0 Å². The van der Waals surface area contributed by atoms with Gasteiger partial charge in [0.15, 0.2) is 23.0 Å². The topological polar surface area (TPSA) is 83.2 Å². The summed E-state index contributed by atoms with van der Waals surface area (Å²) in [7, 11) is 3.15. The van der Waals surface area contributed by atoms with E-state index in [2.05, 4.69) is 15.6 Å². The zero-order chi connectivity index (χ0) is 21.6. The van der Waals surface area contributed by atoms with Gasteiger partial charge in [0.1, 0.15) is 0 Å². The summed E-state index contributed by atoms with van der Waals surface area (Å²) in [6, 6.07) is 19.2. The average molecular weight is 417 g/mol. The third kappa shape index (κ3) is 4.28. The molecule has 0 aliphatic carbocycles. The lowest BCUT2D eigenvalue weighted by atomic mass is 10.2. The predicted molar refractivity (Wildman–Crippen MR) is 116 cm³/mol. The zero-order valence-corrected chi connectivity index (χ0v) is 17.4. The minimum atomic E-state index is -0.326. The van der Waals surface area contributed by atoms with E-state index in [1.165, 1.54) is 0 Å². The van der Waals surface area contributed by atoms with Gasteiger partial charge in [-0.25, -0.2) is 4.68 Å². The fourth-order valence-electron chi connectivity index (χ4n) is 3.40. The summed E-state index contributed by atoms with van der Waals surface area (Å²) >= 11 is 0. The van der Waals surface area contributed by atoms with Gasteiger partial charge in [-0.1, -0.05) is 47.7 Å². The first-order valence-corrected chi connectivity index (χ1v) is 9.80. The van der Waals surface area contributed by atoms with Crippen molar-refractivity contribution in [3.05, 3.63) is 89.9 Å². The Morgan fingerprint density at radius 3 is 2.45 bits per heavy atom. The monoisotopic (exact) mass is 417 g/mol. The maximum Gasteiger partial charge on any atom is 0.276 e. The largest absolute Gasteiger partial charge is 0.493 e. The van der Waals surface area contributed by atoms with Crippen molar-refractivity contribution in [2.45, 2.75) is 13.1 Å². The van der Waals surface area contributed by atoms with E-state index in [9.17, 15) is 4.79 Å². The van der Waals surface area contributed by atoms with E-state index in [1.807, 2.05) is 77.6 Å². The molecule has 0 atom stereocenters. The number of nitrogens with one attached hydrogen (secondary N) is 1. The molecule has 2 heterocycles. The van der Waals surface area contributed by atoms with E-state index in [0.717, 1.165) is 11.1 Å². The number of aromatic nitrogens is 4. The Morgan fingerprint density at radius 1 is 0.968 bits per heavy atom. The van der Waals surface area contributed by atoms with Crippen molar-refractivity contribution in [1.82, 2.24) is 24.9 Å². The van der Waals surface area contributed by atoms with Crippen molar-refractivity contribution >= 4 is 5.91 Å². The Balaban J connectivity index is 1.60. The van der Waals surface area contributed by atoms with Crippen LogP contribution < -0.4 is 14.8 Å². The first kappa shape index (κ1) is 20.2. The fraction of sp³-hybridized carbons (Fsp3) is 0.174. The molecular weight excluding hydrogens is 394 g/mol. The number of carbonyl (C=O) groups excluding carboxylic acids is 1. The molecule has 4 aromatic rings. The van der Waals surface area contributed by atoms with Crippen LogP contribution in [0.5, 0.6) is 11.5 Å². The quantitative estimate of drug-likeness (QED) is 0.476. The molecule has 0 aliphatic rings. The molecule has 1 amide bonds. The molecule has 4 rings (SSSR count). The maximum atomic E-state index is 13.0. The Bertz CT molecular complexity index is 1150. The summed E-state index contributed by atoms with van der Waals surface area (Å²) in [6.45, 7) is 0.758. The van der Waals surface area contributed by atoms with Crippen LogP contribution in [0.25, 0.3) is 5.82 Å². The molecular formula is C23H23N5O3. The third-order valence-electron chi connectivity index (χ3n) is 4.87. The molecule has 0 unspecified atom stereocenters. The first-order chi connectivity index (χ1) is 15.2. The van der Waals surface area contributed by atoms with Gasteiger partial charge in [0.2, 0.25) is 0 Å². The standard InChI is InChI=1S/C23H23N5O3/c1-30-19-12-8-11-18(21(19)31-2)15-24-22(29)20-23(27-13-6-7-14-27)28(26-25-20)16-17-9-4-3-5-10-17/h3-14H,15-16H2,1-2H3,(H,24,29). The molecule has 2 aromatic heterocycles. The molecule has 158 valence electrons. The summed E-state index contributed by atoms with van der Waals surface area (Å²) in [5.74, 6) is 1.47. The highest BCUT2D eigenvalue weighted by Gasteiger charge is 2.22. The van der Waals surface area contributed by atoms with Gasteiger partial charge in [-0.15, -0.1) is 5.10 Å². The van der Waals surface area contributed by atoms with E-state index < -0.39 is 0 Å². The molecule has 1 N–H and O–H groups in total. The van der Waals surface area contributed by atoms with Crippen LogP contribution in [0.1, 0.15) is 21.6 Å². The Morgan fingerprint density at radius 2 is 1.74 bits per heavy atom. The highest BCUT2D eigenvalue weighted by Crippen LogP contribution is 2.30. The molecule has 0 saturated carbocycles. The normalized spacial score (nSPS) is 10.6. The summed E-state index contributed by atoms with van der Waals surface area (Å²) in [5, 5.41) is 11.3. The van der Waals surface area contributed by atoms with E-state index in [0.29, 0.717) is 23.9 Å². The van der Waals surface area contributed by atoms with Gasteiger partial charge in [-0.2, -0.15) is 0 Å². The summed E-state index contributed by atoms with van der Waals surface area (Å²) in [4.78, 5) is 13.0. The predicted octanol–water partition coefficient (Wildman–Crippen LogP) is 3.06. The van der Waals surface area contributed by atoms with Crippen molar-refractivity contribution in [1.29, 1.82) is 0 Å². The van der Waals surface area contributed by atoms with Crippen LogP contribution in [-0.4, -0.2) is 39.7 Å². The number of carbonyl (C=O) groups is 1. The molecule has 0 aliphatic heterocycles. The van der Waals surface area contributed by atoms with Gasteiger partial charge in [0, 0.05) is 24.5 Å². The van der Waals surface area contributed by atoms with Crippen molar-refractivity contribution < 1.29 is 14.3 Å². The fourth-order valence-corrected chi connectivity index (χ4v) is 3.40. The Labute approximate surface area is 180 Å². The van der Waals surface area contributed by atoms with Crippen LogP contribution in [0.4, 0.5) is 0 Å². The number of amides is 1. The number of methoxy groups -OCH3 is 2. The number of hydrogen-bond acceptors (Lipinski definition) is 5. The summed E-state index contributed by atoms with van der Waals surface area (Å²) in [5.41, 5.74) is 2.11. The van der Waals surface area contributed by atoms with Gasteiger partial charge < -0.3 is 19.4 Å². The van der Waals surface area contributed by atoms with Crippen molar-refractivity contribution in [2.24, 2.45) is 0 Å². The number of nitrogens with zero attached hydrogens (tertiary/aromatic N) is 4. The van der Waals surface area contributed by atoms with Crippen LogP contribution >= 0.6 is 0 Å². The second-order valence-electron chi connectivity index (χ2n) is 6.83. The zero-order valence-electron chi connectivity index (χ0n) is 17.4. The smallest absolute Gasteiger partial charge is 0.276 e. The minimum Gasteiger partial charge on any atom is -0.493 e. The Hall–Kier alpha value is -4.07. The third-order valence-corrected chi connectivity index (χ3v) is 4.87. The van der Waals surface area contributed by atoms with Crippen LogP contribution in [0, 0.1) is 0 Å². The molecule has 0 fully saturated rings. The maximum absolute atomic E-state index is 13.0. The SMILES string of the molecule is COc1cccc(CNC(=O)c2nnn(Cc3ccccc3)c2-n2cccc2)c1OC. The van der Waals surface area contributed by atoms with Gasteiger partial charge in [-0.05, 0) is 23.8 Å². The Kier molecular flexibility index (Phi) is 5.98. The number of hydrogen-bond donors (Lipinski definition) is 1. The van der Waals surface area contributed by atoms with Gasteiger partial charge >= 0.3 is 0 Å². The molecule has 0 bridgehead atoms. The lowest BCUT2D eigenvalue weighted by molar-refractivity contribution is 0.0945. The molecule has 8 heteroatoms. The highest BCUT2D eigenvalue weighted by atomic mass is 16.5. The number of rotatable bonds is 8. The molecule has 8 nitrogen and oxygen atoms in total. The number of benzene rings is 2. The highest BCUT2D eigenvalue weighted by molar-refractivity contribution is 5.95. The second kappa shape index (κ2) is 9.17. The second-order valence-corrected chi connectivity index (χ2v) is 6.83. The number of para-hydroxylation sites is 1. The van der Waals surface area contributed by atoms with Crippen molar-refractivity contribution in [3.63, 3.8) is 0 Å². The van der Waals surface area contributed by atoms with E-state index in [1.54, 1.807) is 18.9 Å². The van der Waals surface area contributed by atoms with E-state index in [4.69, 9.17) is 9.47 Å². The average Bonchev–Trinajstić information content (AvgIpc) is 3.47. The molecule has 0 spiro atoms. The minimum absolute atomic E-state index is 0.244. The van der Waals surface area contributed by atoms with Gasteiger partial charge in [-0.3, -0.25) is 4.79 Å². The molecule has 0 saturated heterocycles. The van der Waals surface area contributed by atoms with Crippen LogP contribution in [-0.2, 0) is 13.1 Å².